The Labute approximate surface area is 152 Å². The molecule has 0 aromatic carbocycles. The van der Waals surface area contributed by atoms with Gasteiger partial charge in [-0.3, -0.25) is 20.4 Å². The second-order valence-electron chi connectivity index (χ2n) is 6.62. The lowest BCUT2D eigenvalue weighted by Crippen LogP contribution is -2.42. The molecule has 3 heterocycles. The molecule has 3 N–H and O–H groups in total. The zero-order valence-electron chi connectivity index (χ0n) is 14.2. The van der Waals surface area contributed by atoms with Gasteiger partial charge in [0.2, 0.25) is 5.91 Å². The number of H-pyrrole nitrogens is 1. The molecule has 2 aliphatic rings. The quantitative estimate of drug-likeness (QED) is 0.693. The fourth-order valence-electron chi connectivity index (χ4n) is 3.24. The van der Waals surface area contributed by atoms with Crippen molar-refractivity contribution in [2.24, 2.45) is 5.92 Å². The summed E-state index contributed by atoms with van der Waals surface area (Å²) in [7, 11) is 0. The van der Waals surface area contributed by atoms with Crippen LogP contribution in [0.1, 0.15) is 36.0 Å². The maximum Gasteiger partial charge on any atom is 0.356 e. The number of rotatable bonds is 3. The molecule has 0 bridgehead atoms. The third-order valence-corrected chi connectivity index (χ3v) is 5.75. The van der Waals surface area contributed by atoms with E-state index < -0.39 is 5.97 Å². The number of aromatic nitrogens is 2. The fourth-order valence-corrected chi connectivity index (χ4v) is 4.64. The number of aromatic amines is 1. The Morgan fingerprint density at radius 3 is 3.00 bits per heavy atom. The zero-order valence-corrected chi connectivity index (χ0v) is 15.0. The van der Waals surface area contributed by atoms with E-state index in [4.69, 9.17) is 4.74 Å². The lowest BCUT2D eigenvalue weighted by atomic mass is 9.89. The van der Waals surface area contributed by atoms with Gasteiger partial charge in [-0.1, -0.05) is 6.92 Å². The van der Waals surface area contributed by atoms with Crippen LogP contribution in [-0.2, 0) is 33.8 Å². The lowest BCUT2D eigenvalue weighted by molar-refractivity contribution is -0.141. The van der Waals surface area contributed by atoms with Crippen molar-refractivity contribution in [2.45, 2.75) is 39.2 Å². The number of nitrogens with zero attached hydrogens (tertiary/aromatic N) is 1. The van der Waals surface area contributed by atoms with Gasteiger partial charge < -0.3 is 9.72 Å². The number of aryl methyl sites for hydroxylation is 1. The number of carbonyl (C=O) groups excluding carboxylic acids is 2. The molecule has 1 atom stereocenters. The van der Waals surface area contributed by atoms with Crippen molar-refractivity contribution in [3.63, 3.8) is 0 Å². The third-order valence-electron chi connectivity index (χ3n) is 4.60. The monoisotopic (exact) mass is 374 g/mol. The molecular weight excluding hydrogens is 356 g/mol. The van der Waals surface area contributed by atoms with Gasteiger partial charge in [-0.05, 0) is 36.8 Å². The first-order valence-electron chi connectivity index (χ1n) is 8.47. The van der Waals surface area contributed by atoms with Gasteiger partial charge in [-0.15, -0.1) is 11.3 Å². The van der Waals surface area contributed by atoms with E-state index in [9.17, 15) is 14.4 Å². The normalized spacial score (nSPS) is 19.3. The maximum absolute atomic E-state index is 12.5. The Bertz CT molecular complexity index is 991. The number of nitrogens with one attached hydrogen (secondary N) is 3. The van der Waals surface area contributed by atoms with Gasteiger partial charge in [0.15, 0.2) is 0 Å². The first-order chi connectivity index (χ1) is 12.5. The Hall–Kier alpha value is -2.68. The van der Waals surface area contributed by atoms with E-state index in [0.29, 0.717) is 22.0 Å². The van der Waals surface area contributed by atoms with Crippen LogP contribution in [0.3, 0.4) is 0 Å². The molecule has 0 radical (unpaired) electrons. The van der Waals surface area contributed by atoms with Gasteiger partial charge in [-0.2, -0.15) is 0 Å². The van der Waals surface area contributed by atoms with Gasteiger partial charge >= 0.3 is 5.97 Å². The minimum Gasteiger partial charge on any atom is -0.453 e. The summed E-state index contributed by atoms with van der Waals surface area (Å²) in [6.45, 7) is 2.07. The van der Waals surface area contributed by atoms with E-state index in [1.54, 1.807) is 11.3 Å². The van der Waals surface area contributed by atoms with Gasteiger partial charge in [0.1, 0.15) is 23.0 Å². The molecule has 0 saturated carbocycles. The van der Waals surface area contributed by atoms with Crippen molar-refractivity contribution in [1.82, 2.24) is 20.8 Å². The molecule has 26 heavy (non-hydrogen) atoms. The van der Waals surface area contributed by atoms with Crippen molar-refractivity contribution < 1.29 is 14.3 Å². The predicted octanol–water partition coefficient (Wildman–Crippen LogP) is 1.06. The number of amides is 1. The largest absolute Gasteiger partial charge is 0.453 e. The molecule has 1 aliphatic carbocycles. The summed E-state index contributed by atoms with van der Waals surface area (Å²) >= 11 is 1.55. The second kappa shape index (κ2) is 6.56. The highest BCUT2D eigenvalue weighted by atomic mass is 32.1. The average Bonchev–Trinajstić information content (AvgIpc) is 2.98. The first kappa shape index (κ1) is 16.8. The van der Waals surface area contributed by atoms with Gasteiger partial charge in [0.05, 0.1) is 5.39 Å². The van der Waals surface area contributed by atoms with Crippen LogP contribution in [0.5, 0.6) is 0 Å². The minimum absolute atomic E-state index is 0.109. The number of hydrazine groups is 1. The molecule has 4 rings (SSSR count). The third kappa shape index (κ3) is 3.10. The van der Waals surface area contributed by atoms with E-state index in [0.717, 1.165) is 24.8 Å². The highest BCUT2D eigenvalue weighted by molar-refractivity contribution is 7.18. The summed E-state index contributed by atoms with van der Waals surface area (Å²) in [5.74, 6) is 0.0794. The van der Waals surface area contributed by atoms with Crippen molar-refractivity contribution >= 4 is 33.4 Å². The summed E-state index contributed by atoms with van der Waals surface area (Å²) in [6.07, 6.45) is 4.52. The standard InChI is InChI=1S/C17H18N4O4S/c1-8-2-3-9-11(6-8)26-16-14(9)15(23)18-12(19-16)7-25-17(24)10-4-5-13(22)21-20-10/h4,8,20H,2-3,5-7H2,1H3,(H,21,22)(H,18,19,23)/t8-/m1/s1. The van der Waals surface area contributed by atoms with Crippen LogP contribution < -0.4 is 16.4 Å². The van der Waals surface area contributed by atoms with Crippen LogP contribution in [0, 0.1) is 5.92 Å². The Balaban J connectivity index is 1.53. The molecule has 0 saturated heterocycles. The molecule has 0 unspecified atom stereocenters. The highest BCUT2D eigenvalue weighted by Crippen LogP contribution is 2.35. The zero-order chi connectivity index (χ0) is 18.3. The number of hydrogen-bond acceptors (Lipinski definition) is 7. The van der Waals surface area contributed by atoms with Crippen molar-refractivity contribution in [2.75, 3.05) is 0 Å². The van der Waals surface area contributed by atoms with Gasteiger partial charge in [-0.25, -0.2) is 9.78 Å². The van der Waals surface area contributed by atoms with Crippen molar-refractivity contribution in [1.29, 1.82) is 0 Å². The van der Waals surface area contributed by atoms with Crippen LogP contribution in [0.25, 0.3) is 10.2 Å². The van der Waals surface area contributed by atoms with Crippen LogP contribution in [0.2, 0.25) is 0 Å². The smallest absolute Gasteiger partial charge is 0.356 e. The molecule has 8 nitrogen and oxygen atoms in total. The van der Waals surface area contributed by atoms with Crippen molar-refractivity contribution in [3.8, 4) is 0 Å². The van der Waals surface area contributed by atoms with E-state index in [1.165, 1.54) is 11.0 Å². The van der Waals surface area contributed by atoms with Crippen LogP contribution in [-0.4, -0.2) is 21.8 Å². The van der Waals surface area contributed by atoms with E-state index >= 15 is 0 Å². The summed E-state index contributed by atoms with van der Waals surface area (Å²) < 4.78 is 5.18. The molecule has 1 aliphatic heterocycles. The van der Waals surface area contributed by atoms with Crippen molar-refractivity contribution in [3.05, 3.63) is 38.4 Å². The Kier molecular flexibility index (Phi) is 4.23. The molecule has 1 amide bonds. The molecule has 0 fully saturated rings. The Morgan fingerprint density at radius 2 is 2.23 bits per heavy atom. The number of fused-ring (bicyclic) bond motifs is 3. The molecule has 2 aromatic rings. The van der Waals surface area contributed by atoms with Crippen LogP contribution in [0.4, 0.5) is 0 Å². The van der Waals surface area contributed by atoms with E-state index in [1.807, 2.05) is 0 Å². The van der Waals surface area contributed by atoms with E-state index in [-0.39, 0.29) is 30.2 Å². The van der Waals surface area contributed by atoms with E-state index in [2.05, 4.69) is 27.7 Å². The predicted molar refractivity (Wildman–Crippen MR) is 95.2 cm³/mol. The topological polar surface area (TPSA) is 113 Å². The number of hydrogen-bond donors (Lipinski definition) is 3. The molecule has 9 heteroatoms. The summed E-state index contributed by atoms with van der Waals surface area (Å²) in [5.41, 5.74) is 5.92. The molecule has 136 valence electrons. The summed E-state index contributed by atoms with van der Waals surface area (Å²) in [5, 5.41) is 0.673. The molecule has 2 aromatic heterocycles. The Morgan fingerprint density at radius 1 is 1.38 bits per heavy atom. The van der Waals surface area contributed by atoms with Gasteiger partial charge in [0, 0.05) is 11.3 Å². The lowest BCUT2D eigenvalue weighted by Gasteiger charge is -2.17. The first-order valence-corrected chi connectivity index (χ1v) is 9.28. The number of carbonyl (C=O) groups is 2. The minimum atomic E-state index is -0.618. The van der Waals surface area contributed by atoms with Crippen LogP contribution in [0.15, 0.2) is 16.6 Å². The second-order valence-corrected chi connectivity index (χ2v) is 7.70. The maximum atomic E-state index is 12.5. The summed E-state index contributed by atoms with van der Waals surface area (Å²) in [6, 6.07) is 0. The number of ether oxygens (including phenoxy) is 1. The molecule has 0 spiro atoms. The number of esters is 1. The molecular formula is C17H18N4O4S. The summed E-state index contributed by atoms with van der Waals surface area (Å²) in [4.78, 5) is 44.7. The number of thiophene rings is 1. The SMILES string of the molecule is C[C@@H]1CCc2c(sc3nc(COC(=O)C4=CCC(=O)NN4)[nH]c(=O)c23)C1. The van der Waals surface area contributed by atoms with Crippen LogP contribution >= 0.6 is 11.3 Å². The fraction of sp³-hybridized carbons (Fsp3) is 0.412. The van der Waals surface area contributed by atoms with Gasteiger partial charge in [0.25, 0.3) is 5.56 Å². The average molecular weight is 374 g/mol. The highest BCUT2D eigenvalue weighted by Gasteiger charge is 2.23.